The molecule has 0 spiro atoms. The Bertz CT molecular complexity index is 957. The molecule has 1 N–H and O–H groups in total. The number of ether oxygens (including phenoxy) is 1. The molecule has 0 amide bonds. The zero-order chi connectivity index (χ0) is 21.4. The predicted octanol–water partition coefficient (Wildman–Crippen LogP) is 5.45. The summed E-state index contributed by atoms with van der Waals surface area (Å²) in [6.07, 6.45) is -4.59. The molecular weight excluding hydrogens is 422 g/mol. The molecule has 0 heterocycles. The second-order valence-electron chi connectivity index (χ2n) is 6.92. The zero-order valence-corrected chi connectivity index (χ0v) is 16.7. The monoisotopic (exact) mass is 437 g/mol. The first-order chi connectivity index (χ1) is 12.7. The summed E-state index contributed by atoms with van der Waals surface area (Å²) in [7, 11) is -3.45. The Morgan fingerprint density at radius 3 is 2.18 bits per heavy atom. The number of halogens is 4. The third-order valence-corrected chi connectivity index (χ3v) is 4.97. The van der Waals surface area contributed by atoms with Crippen molar-refractivity contribution in [2.24, 2.45) is 0 Å². The average Bonchev–Trinajstić information content (AvgIpc) is 2.53. The van der Waals surface area contributed by atoms with Crippen LogP contribution in [-0.4, -0.2) is 9.82 Å². The fourth-order valence-electron chi connectivity index (χ4n) is 2.44. The Kier molecular flexibility index (Phi) is 6.13. The molecule has 2 aromatic rings. The van der Waals surface area contributed by atoms with Gasteiger partial charge in [-0.05, 0) is 23.6 Å². The molecule has 28 heavy (non-hydrogen) atoms. The molecule has 152 valence electrons. The smallest absolute Gasteiger partial charge is 0.416 e. The Hall–Kier alpha value is -2.09. The van der Waals surface area contributed by atoms with Crippen molar-refractivity contribution >= 4 is 30.6 Å². The van der Waals surface area contributed by atoms with Crippen LogP contribution in [0.3, 0.4) is 0 Å². The van der Waals surface area contributed by atoms with Crippen molar-refractivity contribution in [3.8, 4) is 11.5 Å². The van der Waals surface area contributed by atoms with Gasteiger partial charge in [0.05, 0.1) is 15.5 Å². The number of nitrogens with zero attached hydrogens (tertiary/aromatic N) is 1. The SMILES string of the molecule is CC(C)(C)c1cc([N+](=O)[O-])c([PH](=O)O)cc1Oc1ccc(C(F)(F)F)cc1Cl. The first kappa shape index (κ1) is 22.2. The number of rotatable bonds is 4. The largest absolute Gasteiger partial charge is 0.455 e. The lowest BCUT2D eigenvalue weighted by molar-refractivity contribution is -0.383. The van der Waals surface area contributed by atoms with Crippen LogP contribution in [0.15, 0.2) is 30.3 Å². The van der Waals surface area contributed by atoms with Crippen LogP contribution in [0.4, 0.5) is 18.9 Å². The zero-order valence-electron chi connectivity index (χ0n) is 14.9. The number of hydrogen-bond acceptors (Lipinski definition) is 4. The molecule has 0 aliphatic carbocycles. The summed E-state index contributed by atoms with van der Waals surface area (Å²) < 4.78 is 55.6. The second-order valence-corrected chi connectivity index (χ2v) is 8.48. The van der Waals surface area contributed by atoms with E-state index in [1.165, 1.54) is 0 Å². The maximum absolute atomic E-state index is 12.8. The fourth-order valence-corrected chi connectivity index (χ4v) is 3.30. The highest BCUT2D eigenvalue weighted by Crippen LogP contribution is 2.41. The summed E-state index contributed by atoms with van der Waals surface area (Å²) in [4.78, 5) is 19.9. The van der Waals surface area contributed by atoms with E-state index in [9.17, 15) is 32.7 Å². The molecule has 2 aromatic carbocycles. The fraction of sp³-hybridized carbons (Fsp3) is 0.294. The normalized spacial score (nSPS) is 13.3. The molecule has 2 rings (SSSR count). The number of hydrogen-bond donors (Lipinski definition) is 1. The number of nitro benzene ring substituents is 1. The van der Waals surface area contributed by atoms with Gasteiger partial charge in [-0.25, -0.2) is 0 Å². The van der Waals surface area contributed by atoms with E-state index in [1.54, 1.807) is 20.8 Å². The number of nitro groups is 1. The number of alkyl halides is 3. The van der Waals surface area contributed by atoms with Crippen molar-refractivity contribution in [2.75, 3.05) is 0 Å². The van der Waals surface area contributed by atoms with Crippen LogP contribution >= 0.6 is 19.6 Å². The third-order valence-electron chi connectivity index (χ3n) is 3.81. The molecule has 11 heteroatoms. The first-order valence-electron chi connectivity index (χ1n) is 7.82. The predicted molar refractivity (Wildman–Crippen MR) is 99.2 cm³/mol. The Labute approximate surface area is 163 Å². The maximum Gasteiger partial charge on any atom is 0.416 e. The van der Waals surface area contributed by atoms with Crippen molar-refractivity contribution < 1.29 is 32.3 Å². The van der Waals surface area contributed by atoms with Gasteiger partial charge in [0, 0.05) is 17.7 Å². The van der Waals surface area contributed by atoms with Crippen LogP contribution in [0.1, 0.15) is 31.9 Å². The molecule has 0 fully saturated rings. The molecule has 0 aliphatic rings. The summed E-state index contributed by atoms with van der Waals surface area (Å²) in [6.45, 7) is 5.19. The highest BCUT2D eigenvalue weighted by atomic mass is 35.5. The van der Waals surface area contributed by atoms with E-state index in [4.69, 9.17) is 16.3 Å². The van der Waals surface area contributed by atoms with Gasteiger partial charge in [-0.15, -0.1) is 0 Å². The van der Waals surface area contributed by atoms with Gasteiger partial charge in [-0.3, -0.25) is 14.7 Å². The molecule has 0 aliphatic heterocycles. The highest BCUT2D eigenvalue weighted by molar-refractivity contribution is 7.47. The standard InChI is InChI=1S/C17H16ClF3NO5P/c1-16(2,3)10-7-12(22(23)24)15(28(25)26)8-14(10)27-13-5-4-9(6-11(13)18)17(19,20)21/h4-8,28H,1-3H3,(H,25,26). The summed E-state index contributed by atoms with van der Waals surface area (Å²) in [6, 6.07) is 4.66. The van der Waals surface area contributed by atoms with Gasteiger partial charge in [-0.2, -0.15) is 13.2 Å². The van der Waals surface area contributed by atoms with E-state index in [1.807, 2.05) is 0 Å². The van der Waals surface area contributed by atoms with E-state index in [-0.39, 0.29) is 16.5 Å². The minimum atomic E-state index is -4.59. The molecule has 1 atom stereocenters. The van der Waals surface area contributed by atoms with Gasteiger partial charge in [0.2, 0.25) is 8.03 Å². The first-order valence-corrected chi connectivity index (χ1v) is 9.56. The van der Waals surface area contributed by atoms with E-state index < -0.39 is 41.1 Å². The van der Waals surface area contributed by atoms with Crippen LogP contribution in [0, 0.1) is 10.1 Å². The summed E-state index contributed by atoms with van der Waals surface area (Å²) in [5.41, 5.74) is -1.86. The Balaban J connectivity index is 2.63. The Morgan fingerprint density at radius 1 is 1.14 bits per heavy atom. The van der Waals surface area contributed by atoms with Gasteiger partial charge in [-0.1, -0.05) is 32.4 Å². The lowest BCUT2D eigenvalue weighted by Gasteiger charge is -2.23. The van der Waals surface area contributed by atoms with Gasteiger partial charge < -0.3 is 9.63 Å². The van der Waals surface area contributed by atoms with E-state index in [0.717, 1.165) is 24.3 Å². The van der Waals surface area contributed by atoms with Gasteiger partial charge in [0.15, 0.2) is 0 Å². The van der Waals surface area contributed by atoms with Crippen molar-refractivity contribution in [1.29, 1.82) is 0 Å². The maximum atomic E-state index is 12.8. The quantitative estimate of drug-likeness (QED) is 0.390. The Morgan fingerprint density at radius 2 is 1.75 bits per heavy atom. The highest BCUT2D eigenvalue weighted by Gasteiger charge is 2.32. The van der Waals surface area contributed by atoms with Crippen LogP contribution in [0.5, 0.6) is 11.5 Å². The molecule has 0 radical (unpaired) electrons. The summed E-state index contributed by atoms with van der Waals surface area (Å²) in [5.74, 6) is -0.139. The van der Waals surface area contributed by atoms with E-state index in [2.05, 4.69) is 0 Å². The van der Waals surface area contributed by atoms with Crippen molar-refractivity contribution in [3.05, 3.63) is 56.6 Å². The second kappa shape index (κ2) is 7.73. The number of benzene rings is 2. The lowest BCUT2D eigenvalue weighted by Crippen LogP contribution is -2.16. The lowest BCUT2D eigenvalue weighted by atomic mass is 9.86. The van der Waals surface area contributed by atoms with Crippen molar-refractivity contribution in [3.63, 3.8) is 0 Å². The third kappa shape index (κ3) is 4.84. The molecule has 0 bridgehead atoms. The van der Waals surface area contributed by atoms with Crippen LogP contribution in [0.25, 0.3) is 0 Å². The molecular formula is C17H16ClF3NO5P. The van der Waals surface area contributed by atoms with Crippen LogP contribution in [0.2, 0.25) is 5.02 Å². The molecule has 0 aromatic heterocycles. The minimum Gasteiger partial charge on any atom is -0.455 e. The van der Waals surface area contributed by atoms with Crippen molar-refractivity contribution in [2.45, 2.75) is 32.4 Å². The average molecular weight is 438 g/mol. The van der Waals surface area contributed by atoms with Gasteiger partial charge in [0.25, 0.3) is 5.69 Å². The van der Waals surface area contributed by atoms with Crippen LogP contribution < -0.4 is 10.0 Å². The summed E-state index contributed by atoms with van der Waals surface area (Å²) >= 11 is 5.90. The molecule has 0 saturated carbocycles. The minimum absolute atomic E-state index is 0.0119. The van der Waals surface area contributed by atoms with Crippen molar-refractivity contribution in [1.82, 2.24) is 0 Å². The summed E-state index contributed by atoms with van der Waals surface area (Å²) in [5, 5.41) is 10.5. The van der Waals surface area contributed by atoms with Gasteiger partial charge in [0.1, 0.15) is 16.8 Å². The molecule has 6 nitrogen and oxygen atoms in total. The molecule has 0 saturated heterocycles. The van der Waals surface area contributed by atoms with Gasteiger partial charge >= 0.3 is 6.18 Å². The topological polar surface area (TPSA) is 89.7 Å². The van der Waals surface area contributed by atoms with E-state index in [0.29, 0.717) is 11.6 Å². The van der Waals surface area contributed by atoms with E-state index >= 15 is 0 Å². The van der Waals surface area contributed by atoms with Crippen LogP contribution in [-0.2, 0) is 16.2 Å². The molecule has 1 unspecified atom stereocenters.